The lowest BCUT2D eigenvalue weighted by Gasteiger charge is -2.46. The highest BCUT2D eigenvalue weighted by molar-refractivity contribution is 5.25. The fourth-order valence-corrected chi connectivity index (χ4v) is 3.13. The number of hydrogen-bond acceptors (Lipinski definition) is 4. The second-order valence-electron chi connectivity index (χ2n) is 7.00. The second kappa shape index (κ2) is 6.75. The zero-order valence-corrected chi connectivity index (χ0v) is 14.0. The van der Waals surface area contributed by atoms with Gasteiger partial charge in [-0.1, -0.05) is 33.8 Å². The predicted molar refractivity (Wildman–Crippen MR) is 86.5 cm³/mol. The van der Waals surface area contributed by atoms with Crippen LogP contribution in [0.25, 0.3) is 0 Å². The first-order chi connectivity index (χ1) is 9.95. The summed E-state index contributed by atoms with van der Waals surface area (Å²) in [4.78, 5) is 6.91. The molecule has 1 saturated heterocycles. The quantitative estimate of drug-likeness (QED) is 0.925. The molecule has 0 aromatic carbocycles. The van der Waals surface area contributed by atoms with Gasteiger partial charge in [-0.05, 0) is 17.9 Å². The summed E-state index contributed by atoms with van der Waals surface area (Å²) >= 11 is 0. The molecule has 1 fully saturated rings. The van der Waals surface area contributed by atoms with Crippen LogP contribution >= 0.6 is 0 Å². The molecule has 21 heavy (non-hydrogen) atoms. The average Bonchev–Trinajstić information content (AvgIpc) is 2.46. The maximum atomic E-state index is 5.41. The van der Waals surface area contributed by atoms with Crippen molar-refractivity contribution < 1.29 is 4.74 Å². The highest BCUT2D eigenvalue weighted by Gasteiger charge is 2.35. The highest BCUT2D eigenvalue weighted by Crippen LogP contribution is 2.29. The van der Waals surface area contributed by atoms with Crippen molar-refractivity contribution in [1.29, 1.82) is 0 Å². The third kappa shape index (κ3) is 3.95. The van der Waals surface area contributed by atoms with Crippen LogP contribution in [0, 0.1) is 5.41 Å². The number of piperazine rings is 1. The van der Waals surface area contributed by atoms with E-state index in [1.54, 1.807) is 13.3 Å². The standard InChI is InChI=1S/C17H29N3O/c1-6-14-12-20(15(10-19-14)17(2,3)4)11-13-8-7-9-18-16(13)21-5/h7-9,14-15,19H,6,10-12H2,1-5H3. The summed E-state index contributed by atoms with van der Waals surface area (Å²) in [6, 6.07) is 5.20. The molecule has 1 aliphatic heterocycles. The summed E-state index contributed by atoms with van der Waals surface area (Å²) < 4.78 is 5.41. The third-order valence-electron chi connectivity index (χ3n) is 4.40. The fourth-order valence-electron chi connectivity index (χ4n) is 3.13. The molecule has 0 aliphatic carbocycles. The van der Waals surface area contributed by atoms with Crippen LogP contribution in [0.2, 0.25) is 0 Å². The summed E-state index contributed by atoms with van der Waals surface area (Å²) in [6.07, 6.45) is 2.95. The molecule has 4 nitrogen and oxygen atoms in total. The van der Waals surface area contributed by atoms with Gasteiger partial charge >= 0.3 is 0 Å². The molecule has 1 N–H and O–H groups in total. The number of aromatic nitrogens is 1. The number of methoxy groups -OCH3 is 1. The van der Waals surface area contributed by atoms with Crippen LogP contribution in [0.4, 0.5) is 0 Å². The molecule has 1 aromatic heterocycles. The van der Waals surface area contributed by atoms with E-state index in [1.807, 2.05) is 6.07 Å². The number of ether oxygens (including phenoxy) is 1. The first-order valence-corrected chi connectivity index (χ1v) is 7.91. The van der Waals surface area contributed by atoms with Crippen molar-refractivity contribution in [2.75, 3.05) is 20.2 Å². The second-order valence-corrected chi connectivity index (χ2v) is 7.00. The fraction of sp³-hybridized carbons (Fsp3) is 0.706. The lowest BCUT2D eigenvalue weighted by Crippen LogP contribution is -2.59. The van der Waals surface area contributed by atoms with Crippen molar-refractivity contribution in [3.63, 3.8) is 0 Å². The topological polar surface area (TPSA) is 37.4 Å². The van der Waals surface area contributed by atoms with Gasteiger partial charge in [0.25, 0.3) is 0 Å². The van der Waals surface area contributed by atoms with E-state index < -0.39 is 0 Å². The van der Waals surface area contributed by atoms with Crippen LogP contribution in [-0.2, 0) is 6.54 Å². The van der Waals surface area contributed by atoms with Crippen molar-refractivity contribution in [2.24, 2.45) is 5.41 Å². The van der Waals surface area contributed by atoms with Gasteiger partial charge in [0.1, 0.15) is 0 Å². The Morgan fingerprint density at radius 2 is 2.19 bits per heavy atom. The number of nitrogens with one attached hydrogen (secondary N) is 1. The largest absolute Gasteiger partial charge is 0.481 e. The van der Waals surface area contributed by atoms with E-state index in [1.165, 1.54) is 5.56 Å². The Morgan fingerprint density at radius 1 is 1.43 bits per heavy atom. The van der Waals surface area contributed by atoms with Gasteiger partial charge in [-0.15, -0.1) is 0 Å². The first kappa shape index (κ1) is 16.2. The zero-order chi connectivity index (χ0) is 15.5. The predicted octanol–water partition coefficient (Wildman–Crippen LogP) is 2.69. The molecule has 2 rings (SSSR count). The SMILES string of the molecule is CCC1CN(Cc2cccnc2OC)C(C(C)(C)C)CN1. The minimum absolute atomic E-state index is 0.251. The molecule has 2 heterocycles. The molecule has 0 spiro atoms. The van der Waals surface area contributed by atoms with E-state index in [-0.39, 0.29) is 5.41 Å². The molecule has 4 heteroatoms. The molecule has 2 atom stereocenters. The molecular formula is C17H29N3O. The zero-order valence-electron chi connectivity index (χ0n) is 14.0. The summed E-state index contributed by atoms with van der Waals surface area (Å²) in [5, 5.41) is 3.68. The summed E-state index contributed by atoms with van der Waals surface area (Å²) in [6.45, 7) is 12.2. The minimum Gasteiger partial charge on any atom is -0.481 e. The number of hydrogen-bond donors (Lipinski definition) is 1. The molecule has 0 amide bonds. The van der Waals surface area contributed by atoms with Crippen LogP contribution in [0.1, 0.15) is 39.7 Å². The normalized spacial score (nSPS) is 24.0. The van der Waals surface area contributed by atoms with Gasteiger partial charge in [-0.25, -0.2) is 4.98 Å². The molecule has 118 valence electrons. The molecule has 2 unspecified atom stereocenters. The van der Waals surface area contributed by atoms with Gasteiger partial charge in [0, 0.05) is 43.5 Å². The molecule has 0 radical (unpaired) electrons. The van der Waals surface area contributed by atoms with Gasteiger partial charge in [-0.3, -0.25) is 4.90 Å². The Morgan fingerprint density at radius 3 is 2.81 bits per heavy atom. The number of nitrogens with zero attached hydrogens (tertiary/aromatic N) is 2. The summed E-state index contributed by atoms with van der Waals surface area (Å²) in [7, 11) is 1.69. The Balaban J connectivity index is 2.19. The third-order valence-corrected chi connectivity index (χ3v) is 4.40. The van der Waals surface area contributed by atoms with Crippen LogP contribution in [0.3, 0.4) is 0 Å². The van der Waals surface area contributed by atoms with Gasteiger partial charge in [-0.2, -0.15) is 0 Å². The van der Waals surface area contributed by atoms with E-state index in [9.17, 15) is 0 Å². The number of rotatable bonds is 4. The van der Waals surface area contributed by atoms with Crippen LogP contribution in [-0.4, -0.2) is 42.2 Å². The monoisotopic (exact) mass is 291 g/mol. The average molecular weight is 291 g/mol. The van der Waals surface area contributed by atoms with Crippen molar-refractivity contribution in [2.45, 2.75) is 52.7 Å². The van der Waals surface area contributed by atoms with E-state index in [0.29, 0.717) is 12.1 Å². The molecule has 0 saturated carbocycles. The van der Waals surface area contributed by atoms with Crippen molar-refractivity contribution >= 4 is 0 Å². The Labute approximate surface area is 128 Å². The summed E-state index contributed by atoms with van der Waals surface area (Å²) in [5.74, 6) is 0.747. The van der Waals surface area contributed by atoms with Gasteiger partial charge in [0.05, 0.1) is 7.11 Å². The van der Waals surface area contributed by atoms with Crippen LogP contribution in [0.15, 0.2) is 18.3 Å². The van der Waals surface area contributed by atoms with Crippen molar-refractivity contribution in [3.8, 4) is 5.88 Å². The van der Waals surface area contributed by atoms with Crippen molar-refractivity contribution in [3.05, 3.63) is 23.9 Å². The maximum absolute atomic E-state index is 5.41. The molecule has 1 aliphatic rings. The van der Waals surface area contributed by atoms with Crippen LogP contribution < -0.4 is 10.1 Å². The lowest BCUT2D eigenvalue weighted by molar-refractivity contribution is 0.0478. The lowest BCUT2D eigenvalue weighted by atomic mass is 9.83. The van der Waals surface area contributed by atoms with E-state index in [4.69, 9.17) is 4.74 Å². The minimum atomic E-state index is 0.251. The van der Waals surface area contributed by atoms with Crippen molar-refractivity contribution in [1.82, 2.24) is 15.2 Å². The first-order valence-electron chi connectivity index (χ1n) is 7.91. The van der Waals surface area contributed by atoms with Gasteiger partial charge < -0.3 is 10.1 Å². The molecule has 1 aromatic rings. The Bertz CT molecular complexity index is 456. The molecule has 0 bridgehead atoms. The Kier molecular flexibility index (Phi) is 5.22. The molecular weight excluding hydrogens is 262 g/mol. The van der Waals surface area contributed by atoms with Gasteiger partial charge in [0.2, 0.25) is 5.88 Å². The van der Waals surface area contributed by atoms with E-state index >= 15 is 0 Å². The summed E-state index contributed by atoms with van der Waals surface area (Å²) in [5.41, 5.74) is 1.42. The number of pyridine rings is 1. The van der Waals surface area contributed by atoms with Crippen LogP contribution in [0.5, 0.6) is 5.88 Å². The smallest absolute Gasteiger partial charge is 0.217 e. The highest BCUT2D eigenvalue weighted by atomic mass is 16.5. The van der Waals surface area contributed by atoms with Gasteiger partial charge in [0.15, 0.2) is 0 Å². The van der Waals surface area contributed by atoms with E-state index in [0.717, 1.165) is 31.9 Å². The van der Waals surface area contributed by atoms with E-state index in [2.05, 4.69) is 49.0 Å². The maximum Gasteiger partial charge on any atom is 0.217 e. The Hall–Kier alpha value is -1.13.